The molecule has 0 aliphatic carbocycles. The second-order valence-corrected chi connectivity index (χ2v) is 9.26. The lowest BCUT2D eigenvalue weighted by molar-refractivity contribution is -0.146. The maximum Gasteiger partial charge on any atom is 0.256 e. The number of nitrogens with zero attached hydrogens (tertiary/aromatic N) is 1. The van der Waals surface area contributed by atoms with Crippen molar-refractivity contribution < 1.29 is 19.0 Å². The summed E-state index contributed by atoms with van der Waals surface area (Å²) >= 11 is 0. The normalized spacial score (nSPS) is 15.5. The molecule has 0 spiro atoms. The Hall–Kier alpha value is -1.63. The van der Waals surface area contributed by atoms with Gasteiger partial charge in [0.1, 0.15) is 11.4 Å². The Bertz CT molecular complexity index is 629. The number of carbonyl (C=O) groups excluding carboxylic acids is 1. The largest absolute Gasteiger partial charge is 0.494 e. The van der Waals surface area contributed by atoms with Crippen LogP contribution in [0.15, 0.2) is 24.3 Å². The van der Waals surface area contributed by atoms with Gasteiger partial charge in [0.15, 0.2) is 0 Å². The molecule has 1 saturated heterocycles. The molecule has 1 aliphatic rings. The molecule has 0 bridgehead atoms. The molecule has 0 aromatic heterocycles. The number of benzene rings is 1. The van der Waals surface area contributed by atoms with Crippen LogP contribution in [0.3, 0.4) is 0 Å². The van der Waals surface area contributed by atoms with Gasteiger partial charge < -0.3 is 19.5 Å². The Kier molecular flexibility index (Phi) is 10.8. The first-order valence-electron chi connectivity index (χ1n) is 11.8. The number of hydrogen-bond acceptors (Lipinski definition) is 5. The third-order valence-corrected chi connectivity index (χ3v) is 5.41. The van der Waals surface area contributed by atoms with Gasteiger partial charge in [-0.1, -0.05) is 27.7 Å². The van der Waals surface area contributed by atoms with Crippen LogP contribution >= 0.6 is 0 Å². The first-order valence-corrected chi connectivity index (χ1v) is 11.8. The zero-order chi connectivity index (χ0) is 22.7. The van der Waals surface area contributed by atoms with E-state index in [-0.39, 0.29) is 5.91 Å². The molecule has 0 atom stereocenters. The molecule has 1 aromatic rings. The highest BCUT2D eigenvalue weighted by molar-refractivity contribution is 5.97. The van der Waals surface area contributed by atoms with Gasteiger partial charge in [-0.25, -0.2) is 0 Å². The van der Waals surface area contributed by atoms with Crippen LogP contribution in [0.5, 0.6) is 5.75 Å². The molecule has 1 aliphatic heterocycles. The third-order valence-electron chi connectivity index (χ3n) is 5.41. The molecule has 6 nitrogen and oxygen atoms in total. The summed E-state index contributed by atoms with van der Waals surface area (Å²) in [6.45, 7) is 16.4. The number of morpholine rings is 1. The number of nitrogens with one attached hydrogen (secondary N) is 1. The van der Waals surface area contributed by atoms with Crippen LogP contribution in [0.4, 0.5) is 5.69 Å². The summed E-state index contributed by atoms with van der Waals surface area (Å²) in [4.78, 5) is 15.7. The molecule has 0 unspecified atom stereocenters. The minimum Gasteiger partial charge on any atom is -0.494 e. The quantitative estimate of drug-likeness (QED) is 0.460. The Morgan fingerprint density at radius 3 is 2.26 bits per heavy atom. The summed E-state index contributed by atoms with van der Waals surface area (Å²) in [7, 11) is 0. The van der Waals surface area contributed by atoms with Crippen LogP contribution in [-0.2, 0) is 14.3 Å². The first-order chi connectivity index (χ1) is 14.8. The average Bonchev–Trinajstić information content (AvgIpc) is 2.72. The molecule has 1 fully saturated rings. The van der Waals surface area contributed by atoms with Crippen LogP contribution in [0.1, 0.15) is 53.9 Å². The fourth-order valence-corrected chi connectivity index (χ4v) is 4.23. The van der Waals surface area contributed by atoms with E-state index in [0.29, 0.717) is 37.9 Å². The monoisotopic (exact) mass is 434 g/mol. The van der Waals surface area contributed by atoms with Crippen LogP contribution in [0.2, 0.25) is 0 Å². The molecule has 0 saturated carbocycles. The lowest BCUT2D eigenvalue weighted by atomic mass is 9.83. The summed E-state index contributed by atoms with van der Waals surface area (Å²) in [5, 5.41) is 3.08. The number of ether oxygens (including phenoxy) is 3. The fourth-order valence-electron chi connectivity index (χ4n) is 4.23. The van der Waals surface area contributed by atoms with Crippen molar-refractivity contribution in [3.63, 3.8) is 0 Å². The highest BCUT2D eigenvalue weighted by atomic mass is 16.5. The van der Waals surface area contributed by atoms with E-state index in [1.54, 1.807) is 0 Å². The molecule has 2 rings (SSSR count). The molecule has 0 radical (unpaired) electrons. The predicted molar refractivity (Wildman–Crippen MR) is 126 cm³/mol. The van der Waals surface area contributed by atoms with Crippen molar-refractivity contribution in [3.8, 4) is 5.75 Å². The van der Waals surface area contributed by atoms with Gasteiger partial charge in [0, 0.05) is 31.9 Å². The SMILES string of the molecule is CCOC(CC(C)C)(CC(C)C)C(=O)Nc1ccc(OCCCN2CCOCC2)cc1. The van der Waals surface area contributed by atoms with E-state index in [4.69, 9.17) is 14.2 Å². The zero-order valence-electron chi connectivity index (χ0n) is 20.1. The van der Waals surface area contributed by atoms with Gasteiger partial charge in [-0.3, -0.25) is 9.69 Å². The van der Waals surface area contributed by atoms with Gasteiger partial charge >= 0.3 is 0 Å². The van der Waals surface area contributed by atoms with Crippen LogP contribution in [0.25, 0.3) is 0 Å². The van der Waals surface area contributed by atoms with Crippen molar-refractivity contribution >= 4 is 11.6 Å². The van der Waals surface area contributed by atoms with Crippen molar-refractivity contribution in [1.82, 2.24) is 4.90 Å². The molecule has 1 N–H and O–H groups in total. The van der Waals surface area contributed by atoms with Gasteiger partial charge in [0.05, 0.1) is 19.8 Å². The lowest BCUT2D eigenvalue weighted by Gasteiger charge is -2.35. The molecule has 6 heteroatoms. The Labute approximate surface area is 188 Å². The van der Waals surface area contributed by atoms with Crippen LogP contribution in [0, 0.1) is 11.8 Å². The Morgan fingerprint density at radius 1 is 1.10 bits per heavy atom. The molecule has 31 heavy (non-hydrogen) atoms. The highest BCUT2D eigenvalue weighted by Gasteiger charge is 2.40. The zero-order valence-corrected chi connectivity index (χ0v) is 20.1. The summed E-state index contributed by atoms with van der Waals surface area (Å²) < 4.78 is 17.3. The minimum absolute atomic E-state index is 0.0593. The topological polar surface area (TPSA) is 60.0 Å². The summed E-state index contributed by atoms with van der Waals surface area (Å²) in [5.74, 6) is 1.49. The van der Waals surface area contributed by atoms with E-state index >= 15 is 0 Å². The number of carbonyl (C=O) groups is 1. The minimum atomic E-state index is -0.800. The van der Waals surface area contributed by atoms with Gasteiger partial charge in [0.25, 0.3) is 5.91 Å². The number of anilines is 1. The van der Waals surface area contributed by atoms with E-state index < -0.39 is 5.60 Å². The maximum atomic E-state index is 13.3. The number of amides is 1. The van der Waals surface area contributed by atoms with Gasteiger partial charge in [0.2, 0.25) is 0 Å². The number of rotatable bonds is 13. The van der Waals surface area contributed by atoms with E-state index in [1.165, 1.54) is 0 Å². The molecule has 176 valence electrons. The van der Waals surface area contributed by atoms with Crippen LogP contribution in [-0.4, -0.2) is 62.5 Å². The second-order valence-electron chi connectivity index (χ2n) is 9.26. The van der Waals surface area contributed by atoms with E-state index in [2.05, 4.69) is 37.9 Å². The van der Waals surface area contributed by atoms with Crippen molar-refractivity contribution in [2.45, 2.75) is 59.5 Å². The van der Waals surface area contributed by atoms with Gasteiger partial charge in [-0.05, 0) is 62.3 Å². The summed E-state index contributed by atoms with van der Waals surface area (Å²) in [5.41, 5.74) is -0.0339. The third kappa shape index (κ3) is 8.79. The predicted octanol–water partition coefficient (Wildman–Crippen LogP) is 4.59. The van der Waals surface area contributed by atoms with Crippen molar-refractivity contribution in [1.29, 1.82) is 0 Å². The average molecular weight is 435 g/mol. The standard InChI is InChI=1S/C25H42N2O4/c1-6-31-25(18-20(2)3,19-21(4)5)24(28)26-22-8-10-23(11-9-22)30-15-7-12-27-13-16-29-17-14-27/h8-11,20-21H,6-7,12-19H2,1-5H3,(H,26,28). The van der Waals surface area contributed by atoms with Crippen LogP contribution < -0.4 is 10.1 Å². The fraction of sp³-hybridized carbons (Fsp3) is 0.720. The van der Waals surface area contributed by atoms with Crippen molar-refractivity contribution in [2.75, 3.05) is 51.4 Å². The summed E-state index contributed by atoms with van der Waals surface area (Å²) in [6.07, 6.45) is 2.39. The highest BCUT2D eigenvalue weighted by Crippen LogP contribution is 2.31. The smallest absolute Gasteiger partial charge is 0.256 e. The molecule has 1 aromatic carbocycles. The van der Waals surface area contributed by atoms with Crippen molar-refractivity contribution in [3.05, 3.63) is 24.3 Å². The lowest BCUT2D eigenvalue weighted by Crippen LogP contribution is -2.47. The summed E-state index contributed by atoms with van der Waals surface area (Å²) in [6, 6.07) is 7.63. The van der Waals surface area contributed by atoms with E-state index in [1.807, 2.05) is 31.2 Å². The maximum absolute atomic E-state index is 13.3. The van der Waals surface area contributed by atoms with E-state index in [0.717, 1.165) is 50.7 Å². The first kappa shape index (κ1) is 25.6. The van der Waals surface area contributed by atoms with Gasteiger partial charge in [-0.2, -0.15) is 0 Å². The Morgan fingerprint density at radius 2 is 1.71 bits per heavy atom. The van der Waals surface area contributed by atoms with E-state index in [9.17, 15) is 4.79 Å². The molecular weight excluding hydrogens is 392 g/mol. The Balaban J connectivity index is 1.89. The molecular formula is C25H42N2O4. The van der Waals surface area contributed by atoms with Crippen molar-refractivity contribution in [2.24, 2.45) is 11.8 Å². The number of hydrogen-bond donors (Lipinski definition) is 1. The molecule has 1 amide bonds. The van der Waals surface area contributed by atoms with Gasteiger partial charge in [-0.15, -0.1) is 0 Å². The second kappa shape index (κ2) is 13.0. The molecule has 1 heterocycles.